The lowest BCUT2D eigenvalue weighted by atomic mass is 10.1. The van der Waals surface area contributed by atoms with Gasteiger partial charge in [0.2, 0.25) is 0 Å². The quantitative estimate of drug-likeness (QED) is 0.316. The summed E-state index contributed by atoms with van der Waals surface area (Å²) in [5.41, 5.74) is 2.24. The minimum absolute atomic E-state index is 0.106. The molecule has 3 heterocycles. The van der Waals surface area contributed by atoms with Gasteiger partial charge in [-0.2, -0.15) is 13.2 Å². The predicted octanol–water partition coefficient (Wildman–Crippen LogP) is 5.61. The smallest absolute Gasteiger partial charge is 0.365 e. The monoisotopic (exact) mass is 541 g/mol. The Morgan fingerprint density at radius 3 is 2.63 bits per heavy atom. The first-order chi connectivity index (χ1) is 18.2. The summed E-state index contributed by atoms with van der Waals surface area (Å²) in [5, 5.41) is 14.8. The van der Waals surface area contributed by atoms with E-state index in [-0.39, 0.29) is 11.3 Å². The van der Waals surface area contributed by atoms with Crippen LogP contribution in [0.2, 0.25) is 0 Å². The van der Waals surface area contributed by atoms with E-state index < -0.39 is 17.6 Å². The lowest BCUT2D eigenvalue weighted by Gasteiger charge is -2.18. The van der Waals surface area contributed by atoms with Gasteiger partial charge < -0.3 is 10.6 Å². The van der Waals surface area contributed by atoms with Crippen LogP contribution in [0.15, 0.2) is 48.8 Å². The number of nitrogens with one attached hydrogen (secondary N) is 2. The number of anilines is 2. The maximum Gasteiger partial charge on any atom is 0.416 e. The molecule has 0 saturated carbocycles. The molecule has 2 N–H and O–H groups in total. The number of hydrogen-bond acceptors (Lipinski definition) is 7. The van der Waals surface area contributed by atoms with Crippen molar-refractivity contribution in [1.29, 1.82) is 0 Å². The lowest BCUT2D eigenvalue weighted by Crippen LogP contribution is -2.20. The highest BCUT2D eigenvalue weighted by molar-refractivity contribution is 7.18. The molecule has 1 fully saturated rings. The summed E-state index contributed by atoms with van der Waals surface area (Å²) in [6.45, 7) is 3.99. The van der Waals surface area contributed by atoms with E-state index in [2.05, 4.69) is 30.8 Å². The van der Waals surface area contributed by atoms with E-state index in [1.54, 1.807) is 48.4 Å². The van der Waals surface area contributed by atoms with Crippen molar-refractivity contribution in [2.75, 3.05) is 30.8 Å². The number of thiazole rings is 1. The van der Waals surface area contributed by atoms with Crippen LogP contribution in [0.25, 0.3) is 16.3 Å². The number of halogens is 3. The lowest BCUT2D eigenvalue weighted by molar-refractivity contribution is -0.137. The second kappa shape index (κ2) is 10.5. The summed E-state index contributed by atoms with van der Waals surface area (Å²) in [4.78, 5) is 20.3. The molecule has 4 aromatic rings. The van der Waals surface area contributed by atoms with Gasteiger partial charge in [0.25, 0.3) is 5.91 Å². The van der Waals surface area contributed by atoms with Gasteiger partial charge in [-0.15, -0.1) is 5.10 Å². The Balaban J connectivity index is 1.39. The first kappa shape index (κ1) is 25.9. The summed E-state index contributed by atoms with van der Waals surface area (Å²) in [6, 6.07) is 8.78. The zero-order valence-electron chi connectivity index (χ0n) is 20.8. The van der Waals surface area contributed by atoms with Crippen LogP contribution in [0.1, 0.15) is 39.9 Å². The van der Waals surface area contributed by atoms with Crippen LogP contribution >= 0.6 is 11.3 Å². The van der Waals surface area contributed by atoms with E-state index in [9.17, 15) is 18.0 Å². The third-order valence-corrected chi connectivity index (χ3v) is 7.40. The number of aromatic nitrogens is 4. The van der Waals surface area contributed by atoms with Crippen molar-refractivity contribution < 1.29 is 18.0 Å². The van der Waals surface area contributed by atoms with Gasteiger partial charge in [0, 0.05) is 31.0 Å². The molecule has 2 aromatic carbocycles. The van der Waals surface area contributed by atoms with E-state index in [1.807, 2.05) is 6.92 Å². The van der Waals surface area contributed by atoms with Gasteiger partial charge in [-0.25, -0.2) is 9.67 Å². The van der Waals surface area contributed by atoms with Gasteiger partial charge in [-0.1, -0.05) is 22.6 Å². The number of nitrogens with zero attached hydrogens (tertiary/aromatic N) is 5. The number of amides is 1. The highest BCUT2D eigenvalue weighted by atomic mass is 32.1. The fourth-order valence-corrected chi connectivity index (χ4v) is 5.14. The molecule has 0 spiro atoms. The van der Waals surface area contributed by atoms with Gasteiger partial charge in [0.1, 0.15) is 5.69 Å². The number of benzene rings is 2. The molecule has 0 atom stereocenters. The number of alkyl halides is 3. The summed E-state index contributed by atoms with van der Waals surface area (Å²) in [6.07, 6.45) is 0.997. The zero-order chi connectivity index (χ0) is 26.9. The zero-order valence-corrected chi connectivity index (χ0v) is 21.7. The van der Waals surface area contributed by atoms with Crippen LogP contribution in [0.4, 0.5) is 24.0 Å². The van der Waals surface area contributed by atoms with Crippen LogP contribution < -0.4 is 10.6 Å². The number of likely N-dealkylation sites (tertiary alicyclic amines) is 1. The predicted molar refractivity (Wildman–Crippen MR) is 141 cm³/mol. The summed E-state index contributed by atoms with van der Waals surface area (Å²) >= 11 is 1.44. The van der Waals surface area contributed by atoms with Crippen LogP contribution in [-0.2, 0) is 12.7 Å². The van der Waals surface area contributed by atoms with E-state index in [4.69, 9.17) is 0 Å². The van der Waals surface area contributed by atoms with Crippen molar-refractivity contribution in [3.8, 4) is 16.3 Å². The average molecular weight is 542 g/mol. The third-order valence-electron chi connectivity index (χ3n) is 6.37. The third kappa shape index (κ3) is 5.70. The van der Waals surface area contributed by atoms with Crippen molar-refractivity contribution in [1.82, 2.24) is 24.9 Å². The van der Waals surface area contributed by atoms with Crippen molar-refractivity contribution >= 4 is 28.1 Å². The Morgan fingerprint density at radius 2 is 1.92 bits per heavy atom. The van der Waals surface area contributed by atoms with Gasteiger partial charge in [-0.3, -0.25) is 9.69 Å². The fraction of sp³-hybridized carbons (Fsp3) is 0.308. The molecule has 1 aliphatic rings. The largest absolute Gasteiger partial charge is 0.416 e. The number of carbonyl (C=O) groups excluding carboxylic acids is 1. The molecule has 8 nitrogen and oxygen atoms in total. The second-order valence-electron chi connectivity index (χ2n) is 9.18. The Kier molecular flexibility index (Phi) is 7.17. The van der Waals surface area contributed by atoms with E-state index in [1.165, 1.54) is 11.3 Å². The molecule has 0 unspecified atom stereocenters. The Morgan fingerprint density at radius 1 is 1.13 bits per heavy atom. The second-order valence-corrected chi connectivity index (χ2v) is 10.2. The molecule has 0 bridgehead atoms. The van der Waals surface area contributed by atoms with E-state index >= 15 is 0 Å². The Hall–Kier alpha value is -3.77. The molecule has 0 radical (unpaired) electrons. The molecular formula is C26H26F3N7OS. The fourth-order valence-electron chi connectivity index (χ4n) is 4.42. The number of carbonyl (C=O) groups is 1. The molecular weight excluding hydrogens is 515 g/mol. The minimum atomic E-state index is -4.52. The van der Waals surface area contributed by atoms with Crippen LogP contribution in [0.5, 0.6) is 0 Å². The molecule has 1 amide bonds. The summed E-state index contributed by atoms with van der Waals surface area (Å²) in [7, 11) is 1.78. The highest BCUT2D eigenvalue weighted by Gasteiger charge is 2.31. The molecule has 198 valence electrons. The van der Waals surface area contributed by atoms with Crippen molar-refractivity contribution in [3.63, 3.8) is 0 Å². The Labute approximate surface area is 221 Å². The Bertz CT molecular complexity index is 1460. The van der Waals surface area contributed by atoms with Crippen molar-refractivity contribution in [2.45, 2.75) is 32.5 Å². The van der Waals surface area contributed by atoms with Gasteiger partial charge in [0.05, 0.1) is 22.3 Å². The molecule has 2 aromatic heterocycles. The summed E-state index contributed by atoms with van der Waals surface area (Å²) < 4.78 is 42.4. The molecule has 12 heteroatoms. The number of aryl methyl sites for hydroxylation is 1. The van der Waals surface area contributed by atoms with Gasteiger partial charge in [0.15, 0.2) is 5.13 Å². The number of rotatable bonds is 7. The van der Waals surface area contributed by atoms with Crippen molar-refractivity contribution in [2.24, 2.45) is 0 Å². The standard InChI is InChI=1S/C26H26F3N7OS/c1-16-5-6-18(11-22(16)36-15-21(33-34-36)23-13-31-25(30-2)38-23)24(37)32-20-10-17(14-35-7-3-4-8-35)9-19(12-20)26(27,28)29/h5-6,9-13,15H,3-4,7-8,14H2,1-2H3,(H,30,31)(H,32,37). The molecule has 38 heavy (non-hydrogen) atoms. The van der Waals surface area contributed by atoms with Crippen LogP contribution in [0.3, 0.4) is 0 Å². The first-order valence-corrected chi connectivity index (χ1v) is 12.9. The summed E-state index contributed by atoms with van der Waals surface area (Å²) in [5.74, 6) is -0.515. The number of hydrogen-bond donors (Lipinski definition) is 2. The molecule has 5 rings (SSSR count). The maximum atomic E-state index is 13.6. The molecule has 1 saturated heterocycles. The maximum absolute atomic E-state index is 13.6. The molecule has 1 aliphatic heterocycles. The average Bonchev–Trinajstić information content (AvgIpc) is 3.65. The van der Waals surface area contributed by atoms with E-state index in [0.29, 0.717) is 23.5 Å². The first-order valence-electron chi connectivity index (χ1n) is 12.1. The minimum Gasteiger partial charge on any atom is -0.365 e. The molecule has 0 aliphatic carbocycles. The normalized spacial score (nSPS) is 14.1. The van der Waals surface area contributed by atoms with E-state index in [0.717, 1.165) is 53.6 Å². The SMILES string of the molecule is CNc1ncc(-c2cn(-c3cc(C(=O)Nc4cc(CN5CCCC5)cc(C(F)(F)F)c4)ccc3C)nn2)s1. The van der Waals surface area contributed by atoms with Crippen molar-refractivity contribution in [3.05, 3.63) is 71.0 Å². The topological polar surface area (TPSA) is 88.0 Å². The van der Waals surface area contributed by atoms with Gasteiger partial charge >= 0.3 is 6.18 Å². The van der Waals surface area contributed by atoms with Crippen LogP contribution in [-0.4, -0.2) is 50.9 Å². The highest BCUT2D eigenvalue weighted by Crippen LogP contribution is 2.33. The van der Waals surface area contributed by atoms with Crippen LogP contribution in [0, 0.1) is 6.92 Å². The van der Waals surface area contributed by atoms with Gasteiger partial charge in [-0.05, 0) is 74.3 Å².